The van der Waals surface area contributed by atoms with Crippen LogP contribution in [-0.4, -0.2) is 50.8 Å². The molecule has 0 unspecified atom stereocenters. The number of carbonyl (C=O) groups excluding carboxylic acids is 1. The van der Waals surface area contributed by atoms with Crippen LogP contribution >= 0.6 is 11.8 Å². The van der Waals surface area contributed by atoms with Crippen LogP contribution in [0.3, 0.4) is 0 Å². The Kier molecular flexibility index (Phi) is 3.02. The van der Waals surface area contributed by atoms with E-state index in [0.717, 1.165) is 10.6 Å². The van der Waals surface area contributed by atoms with Gasteiger partial charge in [-0.25, -0.2) is 8.42 Å². The van der Waals surface area contributed by atoms with Crippen LogP contribution in [0.1, 0.15) is 10.4 Å². The van der Waals surface area contributed by atoms with Crippen molar-refractivity contribution in [1.82, 2.24) is 4.90 Å². The van der Waals surface area contributed by atoms with E-state index in [-0.39, 0.29) is 11.7 Å². The lowest BCUT2D eigenvalue weighted by Gasteiger charge is -2.22. The van der Waals surface area contributed by atoms with E-state index in [4.69, 9.17) is 0 Å². The Morgan fingerprint density at radius 3 is 2.85 bits per heavy atom. The van der Waals surface area contributed by atoms with Crippen molar-refractivity contribution in [2.24, 2.45) is 4.40 Å². The SMILES string of the molecule is CN(C)C(=O)c1ccc2c(c1)SC1=NS(=O)(=O)CCN12. The second-order valence-corrected chi connectivity index (χ2v) is 7.56. The standard InChI is InChI=1S/C12H13N3O3S2/c1-14(2)11(16)8-3-4-9-10(7-8)19-12-13-20(17,18)6-5-15(9)12/h3-4,7H,5-6H2,1-2H3. The molecule has 0 spiro atoms. The summed E-state index contributed by atoms with van der Waals surface area (Å²) in [6, 6.07) is 5.39. The first-order valence-corrected chi connectivity index (χ1v) is 8.44. The number of nitrogens with zero attached hydrogens (tertiary/aromatic N) is 3. The fourth-order valence-corrected chi connectivity index (χ4v) is 4.42. The zero-order chi connectivity index (χ0) is 14.5. The lowest BCUT2D eigenvalue weighted by atomic mass is 10.1. The molecule has 2 heterocycles. The van der Waals surface area contributed by atoms with Crippen LogP contribution < -0.4 is 4.90 Å². The monoisotopic (exact) mass is 311 g/mol. The molecular weight excluding hydrogens is 298 g/mol. The number of hydrogen-bond donors (Lipinski definition) is 0. The molecule has 0 aromatic heterocycles. The number of rotatable bonds is 1. The molecule has 0 N–H and O–H groups in total. The Balaban J connectivity index is 2.01. The van der Waals surface area contributed by atoms with Gasteiger partial charge in [0.15, 0.2) is 5.17 Å². The van der Waals surface area contributed by atoms with Gasteiger partial charge in [0.1, 0.15) is 0 Å². The van der Waals surface area contributed by atoms with Crippen molar-refractivity contribution in [3.8, 4) is 0 Å². The Bertz CT molecular complexity index is 725. The van der Waals surface area contributed by atoms with E-state index in [9.17, 15) is 13.2 Å². The molecule has 0 saturated carbocycles. The Labute approximate surface area is 121 Å². The van der Waals surface area contributed by atoms with E-state index in [2.05, 4.69) is 4.40 Å². The highest BCUT2D eigenvalue weighted by Crippen LogP contribution is 2.42. The van der Waals surface area contributed by atoms with E-state index in [0.29, 0.717) is 17.3 Å². The predicted octanol–water partition coefficient (Wildman–Crippen LogP) is 1.000. The van der Waals surface area contributed by atoms with E-state index in [1.165, 1.54) is 16.7 Å². The highest BCUT2D eigenvalue weighted by atomic mass is 32.2. The molecule has 0 radical (unpaired) electrons. The lowest BCUT2D eigenvalue weighted by molar-refractivity contribution is 0.0827. The van der Waals surface area contributed by atoms with Crippen molar-refractivity contribution >= 4 is 38.5 Å². The number of amidine groups is 1. The van der Waals surface area contributed by atoms with Crippen molar-refractivity contribution in [3.63, 3.8) is 0 Å². The molecule has 0 bridgehead atoms. The maximum absolute atomic E-state index is 11.9. The number of amides is 1. The normalized spacial score (nSPS) is 19.1. The number of hydrogen-bond acceptors (Lipinski definition) is 5. The third-order valence-electron chi connectivity index (χ3n) is 3.13. The van der Waals surface area contributed by atoms with Crippen molar-refractivity contribution in [1.29, 1.82) is 0 Å². The van der Waals surface area contributed by atoms with E-state index < -0.39 is 10.0 Å². The van der Waals surface area contributed by atoms with Gasteiger partial charge in [-0.15, -0.1) is 4.40 Å². The Hall–Kier alpha value is -1.54. The Morgan fingerprint density at radius 1 is 1.40 bits per heavy atom. The number of sulfonamides is 1. The minimum atomic E-state index is -3.34. The summed E-state index contributed by atoms with van der Waals surface area (Å²) in [7, 11) is 0.0498. The fourth-order valence-electron chi connectivity index (χ4n) is 2.12. The fraction of sp³-hybridized carbons (Fsp3) is 0.333. The van der Waals surface area contributed by atoms with E-state index in [1.807, 2.05) is 11.0 Å². The number of fused-ring (bicyclic) bond motifs is 3. The molecule has 106 valence electrons. The average molecular weight is 311 g/mol. The van der Waals surface area contributed by atoms with Crippen LogP contribution in [-0.2, 0) is 10.0 Å². The summed E-state index contributed by atoms with van der Waals surface area (Å²) in [5, 5.41) is 0.473. The molecule has 0 saturated heterocycles. The quantitative estimate of drug-likeness (QED) is 0.774. The molecule has 0 fully saturated rings. The summed E-state index contributed by atoms with van der Waals surface area (Å²) >= 11 is 1.29. The Morgan fingerprint density at radius 2 is 2.15 bits per heavy atom. The average Bonchev–Trinajstić information content (AvgIpc) is 2.72. The van der Waals surface area contributed by atoms with Crippen LogP contribution in [0.4, 0.5) is 5.69 Å². The van der Waals surface area contributed by atoms with Crippen LogP contribution in [0.15, 0.2) is 27.5 Å². The summed E-state index contributed by atoms with van der Waals surface area (Å²) in [5.74, 6) is -0.0534. The largest absolute Gasteiger partial charge is 0.345 e. The highest BCUT2D eigenvalue weighted by Gasteiger charge is 2.33. The molecule has 0 aliphatic carbocycles. The van der Waals surface area contributed by atoms with Crippen molar-refractivity contribution in [3.05, 3.63) is 23.8 Å². The zero-order valence-electron chi connectivity index (χ0n) is 11.0. The topological polar surface area (TPSA) is 70.0 Å². The molecule has 1 amide bonds. The lowest BCUT2D eigenvalue weighted by Crippen LogP contribution is -2.35. The van der Waals surface area contributed by atoms with Crippen LogP contribution in [0.2, 0.25) is 0 Å². The molecule has 20 heavy (non-hydrogen) atoms. The van der Waals surface area contributed by atoms with Gasteiger partial charge in [0, 0.05) is 31.1 Å². The summed E-state index contributed by atoms with van der Waals surface area (Å²) in [5.41, 5.74) is 1.50. The summed E-state index contributed by atoms with van der Waals surface area (Å²) < 4.78 is 26.8. The third-order valence-corrected chi connectivity index (χ3v) is 5.43. The first kappa shape index (κ1) is 13.4. The van der Waals surface area contributed by atoms with Gasteiger partial charge in [-0.1, -0.05) is 0 Å². The molecule has 1 aromatic rings. The smallest absolute Gasteiger partial charge is 0.257 e. The van der Waals surface area contributed by atoms with Gasteiger partial charge in [-0.05, 0) is 30.0 Å². The minimum absolute atomic E-state index is 0.0227. The van der Waals surface area contributed by atoms with E-state index in [1.54, 1.807) is 26.2 Å². The molecular formula is C12H13N3O3S2. The van der Waals surface area contributed by atoms with Gasteiger partial charge in [0.05, 0.1) is 11.4 Å². The summed E-state index contributed by atoms with van der Waals surface area (Å²) in [6.45, 7) is 0.405. The van der Waals surface area contributed by atoms with Gasteiger partial charge < -0.3 is 9.80 Å². The molecule has 2 aliphatic rings. The summed E-state index contributed by atoms with van der Waals surface area (Å²) in [6.07, 6.45) is 0. The first-order valence-electron chi connectivity index (χ1n) is 6.01. The molecule has 2 aliphatic heterocycles. The number of benzene rings is 1. The number of carbonyl (C=O) groups is 1. The maximum atomic E-state index is 11.9. The number of anilines is 1. The van der Waals surface area contributed by atoms with Crippen molar-refractivity contribution in [2.75, 3.05) is 31.3 Å². The molecule has 3 rings (SSSR count). The second-order valence-electron chi connectivity index (χ2n) is 4.80. The van der Waals surface area contributed by atoms with Crippen LogP contribution in [0.25, 0.3) is 0 Å². The van der Waals surface area contributed by atoms with Crippen LogP contribution in [0.5, 0.6) is 0 Å². The zero-order valence-corrected chi connectivity index (χ0v) is 12.7. The summed E-state index contributed by atoms with van der Waals surface area (Å²) in [4.78, 5) is 16.2. The molecule has 0 atom stereocenters. The van der Waals surface area contributed by atoms with Gasteiger partial charge in [0.25, 0.3) is 15.9 Å². The van der Waals surface area contributed by atoms with Crippen molar-refractivity contribution < 1.29 is 13.2 Å². The predicted molar refractivity (Wildman–Crippen MR) is 78.9 cm³/mol. The molecule has 8 heteroatoms. The van der Waals surface area contributed by atoms with Gasteiger partial charge in [-0.2, -0.15) is 0 Å². The molecule has 6 nitrogen and oxygen atoms in total. The van der Waals surface area contributed by atoms with Gasteiger partial charge in [-0.3, -0.25) is 4.79 Å². The highest BCUT2D eigenvalue weighted by molar-refractivity contribution is 8.15. The second kappa shape index (κ2) is 4.49. The van der Waals surface area contributed by atoms with Gasteiger partial charge in [0.2, 0.25) is 0 Å². The third kappa shape index (κ3) is 2.18. The van der Waals surface area contributed by atoms with Gasteiger partial charge >= 0.3 is 0 Å². The van der Waals surface area contributed by atoms with Crippen molar-refractivity contribution in [2.45, 2.75) is 4.90 Å². The van der Waals surface area contributed by atoms with Crippen LogP contribution in [0, 0.1) is 0 Å². The minimum Gasteiger partial charge on any atom is -0.345 e. The molecule has 1 aromatic carbocycles. The first-order chi connectivity index (χ1) is 9.37. The maximum Gasteiger partial charge on any atom is 0.257 e. The number of thioether (sulfide) groups is 1. The van der Waals surface area contributed by atoms with E-state index >= 15 is 0 Å².